The van der Waals surface area contributed by atoms with Crippen LogP contribution in [-0.2, 0) is 16.0 Å². The standard InChI is InChI=1S/C25H36O5/c1-3-5-6-11-18(26)14-15-19-21(27)16-22-24(19)20-12-7-9-17(25(20)30-22)10-8-13-23(28)29-4-2/h7,9,12,14-15,18-19,21-22,24,26-27H,3-6,8,10-11,13,16H2,1-2H3/b15-14+/t18-,19-,21-,22+,24+/m1/s1. The van der Waals surface area contributed by atoms with Crippen molar-refractivity contribution in [2.45, 2.75) is 89.4 Å². The van der Waals surface area contributed by atoms with Gasteiger partial charge in [-0.15, -0.1) is 0 Å². The van der Waals surface area contributed by atoms with Gasteiger partial charge in [-0.05, 0) is 31.7 Å². The molecular weight excluding hydrogens is 380 g/mol. The second-order valence-corrected chi connectivity index (χ2v) is 8.50. The van der Waals surface area contributed by atoms with E-state index in [0.717, 1.165) is 55.4 Å². The van der Waals surface area contributed by atoms with Crippen molar-refractivity contribution in [2.24, 2.45) is 5.92 Å². The number of unbranched alkanes of at least 4 members (excludes halogenated alkanes) is 2. The van der Waals surface area contributed by atoms with Gasteiger partial charge in [0.2, 0.25) is 0 Å². The first kappa shape index (κ1) is 22.8. The summed E-state index contributed by atoms with van der Waals surface area (Å²) in [5, 5.41) is 20.9. The monoisotopic (exact) mass is 416 g/mol. The van der Waals surface area contributed by atoms with Crippen LogP contribution in [0.15, 0.2) is 30.4 Å². The number of aryl methyl sites for hydroxylation is 1. The first-order chi connectivity index (χ1) is 14.5. The van der Waals surface area contributed by atoms with E-state index in [0.29, 0.717) is 19.4 Å². The summed E-state index contributed by atoms with van der Waals surface area (Å²) in [6.45, 7) is 4.38. The minimum absolute atomic E-state index is 0.0342. The van der Waals surface area contributed by atoms with Gasteiger partial charge in [0.25, 0.3) is 0 Å². The van der Waals surface area contributed by atoms with Gasteiger partial charge in [-0.3, -0.25) is 4.79 Å². The Morgan fingerprint density at radius 2 is 2.13 bits per heavy atom. The highest BCUT2D eigenvalue weighted by molar-refractivity contribution is 5.69. The summed E-state index contributed by atoms with van der Waals surface area (Å²) in [5.41, 5.74) is 2.25. The van der Waals surface area contributed by atoms with Gasteiger partial charge >= 0.3 is 5.97 Å². The molecule has 1 fully saturated rings. The summed E-state index contributed by atoms with van der Waals surface area (Å²) >= 11 is 0. The Morgan fingerprint density at radius 3 is 2.90 bits per heavy atom. The first-order valence-electron chi connectivity index (χ1n) is 11.5. The Labute approximate surface area is 180 Å². The lowest BCUT2D eigenvalue weighted by molar-refractivity contribution is -0.143. The van der Waals surface area contributed by atoms with E-state index in [2.05, 4.69) is 19.1 Å². The van der Waals surface area contributed by atoms with Crippen LogP contribution in [0, 0.1) is 5.92 Å². The summed E-state index contributed by atoms with van der Waals surface area (Å²) in [7, 11) is 0. The van der Waals surface area contributed by atoms with Crippen molar-refractivity contribution in [2.75, 3.05) is 6.61 Å². The number of carbonyl (C=O) groups excluding carboxylic acids is 1. The van der Waals surface area contributed by atoms with E-state index in [9.17, 15) is 15.0 Å². The molecule has 1 aromatic rings. The van der Waals surface area contributed by atoms with Gasteiger partial charge in [0.15, 0.2) is 0 Å². The molecule has 5 atom stereocenters. The quantitative estimate of drug-likeness (QED) is 0.320. The van der Waals surface area contributed by atoms with E-state index >= 15 is 0 Å². The summed E-state index contributed by atoms with van der Waals surface area (Å²) in [5.74, 6) is 0.824. The third-order valence-electron chi connectivity index (χ3n) is 6.28. The van der Waals surface area contributed by atoms with Crippen LogP contribution in [0.4, 0.5) is 0 Å². The van der Waals surface area contributed by atoms with Crippen molar-refractivity contribution in [1.82, 2.24) is 0 Å². The summed E-state index contributed by atoms with van der Waals surface area (Å²) in [6.07, 6.45) is 9.44. The van der Waals surface area contributed by atoms with Gasteiger partial charge in [0, 0.05) is 30.2 Å². The Balaban J connectivity index is 1.66. The minimum Gasteiger partial charge on any atom is -0.489 e. The minimum atomic E-state index is -0.459. The molecule has 0 spiro atoms. The molecule has 0 aromatic heterocycles. The molecular formula is C25H36O5. The number of hydrogen-bond acceptors (Lipinski definition) is 5. The van der Waals surface area contributed by atoms with Gasteiger partial charge in [0.05, 0.1) is 18.8 Å². The second kappa shape index (κ2) is 11.0. The summed E-state index contributed by atoms with van der Waals surface area (Å²) in [6, 6.07) is 6.19. The van der Waals surface area contributed by atoms with Gasteiger partial charge < -0.3 is 19.7 Å². The largest absolute Gasteiger partial charge is 0.489 e. The molecule has 2 N–H and O–H groups in total. The normalized spacial score (nSPS) is 25.7. The number of aliphatic hydroxyl groups is 2. The second-order valence-electron chi connectivity index (χ2n) is 8.50. The highest BCUT2D eigenvalue weighted by Gasteiger charge is 2.48. The number of carbonyl (C=O) groups is 1. The maximum absolute atomic E-state index is 11.6. The van der Waals surface area contributed by atoms with Crippen LogP contribution in [0.2, 0.25) is 0 Å². The van der Waals surface area contributed by atoms with Crippen molar-refractivity contribution >= 4 is 5.97 Å². The van der Waals surface area contributed by atoms with Crippen LogP contribution in [0.1, 0.15) is 75.8 Å². The van der Waals surface area contributed by atoms with E-state index in [-0.39, 0.29) is 23.9 Å². The lowest BCUT2D eigenvalue weighted by Crippen LogP contribution is -2.17. The molecule has 0 saturated heterocycles. The Hall–Kier alpha value is -1.85. The zero-order valence-corrected chi connectivity index (χ0v) is 18.3. The van der Waals surface area contributed by atoms with Crippen molar-refractivity contribution in [1.29, 1.82) is 0 Å². The zero-order valence-electron chi connectivity index (χ0n) is 18.3. The van der Waals surface area contributed by atoms with E-state index in [1.165, 1.54) is 0 Å². The predicted octanol–water partition coefficient (Wildman–Crippen LogP) is 4.30. The van der Waals surface area contributed by atoms with Gasteiger partial charge in [-0.1, -0.05) is 56.5 Å². The molecule has 3 rings (SSSR count). The molecule has 0 radical (unpaired) electrons. The topological polar surface area (TPSA) is 76.0 Å². The third-order valence-corrected chi connectivity index (χ3v) is 6.28. The molecule has 0 bridgehead atoms. The molecule has 0 unspecified atom stereocenters. The Bertz CT molecular complexity index is 728. The van der Waals surface area contributed by atoms with Gasteiger partial charge in [-0.2, -0.15) is 0 Å². The number of fused-ring (bicyclic) bond motifs is 3. The molecule has 1 saturated carbocycles. The molecule has 0 amide bonds. The fourth-order valence-electron chi connectivity index (χ4n) is 4.78. The van der Waals surface area contributed by atoms with Crippen LogP contribution in [0.3, 0.4) is 0 Å². The number of para-hydroxylation sites is 1. The third kappa shape index (κ3) is 5.44. The highest BCUT2D eigenvalue weighted by Crippen LogP contribution is 2.52. The van der Waals surface area contributed by atoms with Gasteiger partial charge in [-0.25, -0.2) is 0 Å². The van der Waals surface area contributed by atoms with Crippen molar-refractivity contribution in [3.8, 4) is 5.75 Å². The van der Waals surface area contributed by atoms with Crippen LogP contribution in [0.5, 0.6) is 5.75 Å². The molecule has 1 aromatic carbocycles. The van der Waals surface area contributed by atoms with Crippen LogP contribution < -0.4 is 4.74 Å². The van der Waals surface area contributed by atoms with E-state index < -0.39 is 12.2 Å². The van der Waals surface area contributed by atoms with E-state index in [1.807, 2.05) is 25.1 Å². The number of hydrogen-bond donors (Lipinski definition) is 2. The predicted molar refractivity (Wildman–Crippen MR) is 117 cm³/mol. The lowest BCUT2D eigenvalue weighted by atomic mass is 9.86. The number of esters is 1. The molecule has 5 heteroatoms. The first-order valence-corrected chi connectivity index (χ1v) is 11.5. The zero-order chi connectivity index (χ0) is 21.5. The molecule has 5 nitrogen and oxygen atoms in total. The van der Waals surface area contributed by atoms with Crippen LogP contribution >= 0.6 is 0 Å². The average molecular weight is 417 g/mol. The van der Waals surface area contributed by atoms with Crippen molar-refractivity contribution < 1.29 is 24.5 Å². The molecule has 1 aliphatic carbocycles. The molecule has 1 heterocycles. The number of rotatable bonds is 11. The number of benzene rings is 1. The SMILES string of the molecule is CCCCC[C@@H](O)/C=C/[C@H]1[C@H]2c3cccc(CCCC(=O)OCC)c3O[C@H]2C[C@H]1O. The smallest absolute Gasteiger partial charge is 0.305 e. The fraction of sp³-hybridized carbons (Fsp3) is 0.640. The molecule has 1 aliphatic heterocycles. The molecule has 30 heavy (non-hydrogen) atoms. The van der Waals surface area contributed by atoms with Crippen molar-refractivity contribution in [3.63, 3.8) is 0 Å². The number of ether oxygens (including phenoxy) is 2. The Kier molecular flexibility index (Phi) is 8.34. The maximum atomic E-state index is 11.6. The lowest BCUT2D eigenvalue weighted by Gasteiger charge is -2.18. The maximum Gasteiger partial charge on any atom is 0.305 e. The van der Waals surface area contributed by atoms with E-state index in [1.54, 1.807) is 0 Å². The van der Waals surface area contributed by atoms with Crippen LogP contribution in [-0.4, -0.2) is 41.1 Å². The molecule has 2 aliphatic rings. The molecule has 166 valence electrons. The highest BCUT2D eigenvalue weighted by atomic mass is 16.5. The van der Waals surface area contributed by atoms with E-state index in [4.69, 9.17) is 9.47 Å². The summed E-state index contributed by atoms with van der Waals surface area (Å²) in [4.78, 5) is 11.6. The Morgan fingerprint density at radius 1 is 1.30 bits per heavy atom. The number of aliphatic hydroxyl groups excluding tert-OH is 2. The van der Waals surface area contributed by atoms with Crippen LogP contribution in [0.25, 0.3) is 0 Å². The van der Waals surface area contributed by atoms with Gasteiger partial charge in [0.1, 0.15) is 11.9 Å². The van der Waals surface area contributed by atoms with Crippen molar-refractivity contribution in [3.05, 3.63) is 41.5 Å². The summed E-state index contributed by atoms with van der Waals surface area (Å²) < 4.78 is 11.3. The fourth-order valence-corrected chi connectivity index (χ4v) is 4.78. The average Bonchev–Trinajstić information content (AvgIpc) is 3.22.